The third-order valence-corrected chi connectivity index (χ3v) is 4.19. The lowest BCUT2D eigenvalue weighted by Crippen LogP contribution is -2.20. The molecule has 3 heterocycles. The normalized spacial score (nSPS) is 10.9. The van der Waals surface area contributed by atoms with E-state index in [1.807, 2.05) is 37.6 Å². The first-order valence-electron chi connectivity index (χ1n) is 6.26. The first-order valence-corrected chi connectivity index (χ1v) is 7.14. The zero-order valence-electron chi connectivity index (χ0n) is 11.3. The Morgan fingerprint density at radius 1 is 1.40 bits per heavy atom. The van der Waals surface area contributed by atoms with Crippen molar-refractivity contribution in [3.63, 3.8) is 0 Å². The third-order valence-electron chi connectivity index (χ3n) is 3.12. The van der Waals surface area contributed by atoms with Crippen LogP contribution in [-0.4, -0.2) is 21.6 Å². The number of hydrogen-bond acceptors (Lipinski definition) is 5. The van der Waals surface area contributed by atoms with Crippen molar-refractivity contribution in [1.82, 2.24) is 14.5 Å². The van der Waals surface area contributed by atoms with Crippen molar-refractivity contribution in [1.29, 1.82) is 0 Å². The molecule has 5 nitrogen and oxygen atoms in total. The first-order chi connectivity index (χ1) is 9.69. The van der Waals surface area contributed by atoms with Crippen LogP contribution in [0.1, 0.15) is 11.3 Å². The minimum Gasteiger partial charge on any atom is -0.373 e. The number of pyridine rings is 1. The molecule has 3 aromatic heterocycles. The van der Waals surface area contributed by atoms with Gasteiger partial charge in [0.1, 0.15) is 10.5 Å². The van der Waals surface area contributed by atoms with Crippen molar-refractivity contribution in [2.45, 2.75) is 13.5 Å². The van der Waals surface area contributed by atoms with Crippen LogP contribution >= 0.6 is 11.3 Å². The van der Waals surface area contributed by atoms with Gasteiger partial charge < -0.3 is 5.32 Å². The van der Waals surface area contributed by atoms with Crippen LogP contribution in [-0.2, 0) is 6.54 Å². The zero-order chi connectivity index (χ0) is 14.1. The second-order valence-electron chi connectivity index (χ2n) is 4.54. The van der Waals surface area contributed by atoms with Crippen molar-refractivity contribution >= 4 is 27.4 Å². The average molecular weight is 286 g/mol. The molecule has 0 amide bonds. The molecule has 0 saturated carbocycles. The molecule has 0 bridgehead atoms. The van der Waals surface area contributed by atoms with Gasteiger partial charge in [0.05, 0.1) is 24.1 Å². The van der Waals surface area contributed by atoms with Crippen LogP contribution in [0.4, 0.5) is 5.82 Å². The van der Waals surface area contributed by atoms with E-state index in [9.17, 15) is 4.79 Å². The van der Waals surface area contributed by atoms with Gasteiger partial charge in [-0.25, -0.2) is 9.97 Å². The lowest BCUT2D eigenvalue weighted by molar-refractivity contribution is 0.731. The van der Waals surface area contributed by atoms with Crippen molar-refractivity contribution in [2.24, 2.45) is 0 Å². The third kappa shape index (κ3) is 2.18. The van der Waals surface area contributed by atoms with Crippen molar-refractivity contribution in [2.75, 3.05) is 12.4 Å². The van der Waals surface area contributed by atoms with E-state index in [-0.39, 0.29) is 5.56 Å². The summed E-state index contributed by atoms with van der Waals surface area (Å²) in [5, 5.41) is 4.95. The quantitative estimate of drug-likeness (QED) is 0.802. The standard InChI is InChI=1S/C14H14N4OS/c1-9-7-20-13-12(9)16-8-18(14(13)19)6-10-4-3-5-11(15-2)17-10/h3-5,7-8H,6H2,1-2H3,(H,15,17). The van der Waals surface area contributed by atoms with Gasteiger partial charge in [0, 0.05) is 7.05 Å². The van der Waals surface area contributed by atoms with E-state index < -0.39 is 0 Å². The minimum atomic E-state index is -0.00948. The molecule has 3 rings (SSSR count). The smallest absolute Gasteiger partial charge is 0.271 e. The van der Waals surface area contributed by atoms with Crippen LogP contribution < -0.4 is 10.9 Å². The second kappa shape index (κ2) is 5.05. The SMILES string of the molecule is CNc1cccc(Cn2cnc3c(C)csc3c2=O)n1. The van der Waals surface area contributed by atoms with Crippen molar-refractivity contribution < 1.29 is 0 Å². The molecule has 0 atom stereocenters. The van der Waals surface area contributed by atoms with Gasteiger partial charge in [0.15, 0.2) is 0 Å². The average Bonchev–Trinajstić information content (AvgIpc) is 2.84. The van der Waals surface area contributed by atoms with Crippen molar-refractivity contribution in [3.05, 3.63) is 51.5 Å². The molecule has 0 aliphatic rings. The van der Waals surface area contributed by atoms with Gasteiger partial charge in [-0.2, -0.15) is 0 Å². The molecule has 0 aliphatic heterocycles. The Morgan fingerprint density at radius 2 is 2.25 bits per heavy atom. The maximum Gasteiger partial charge on any atom is 0.271 e. The molecule has 0 saturated heterocycles. The molecule has 0 aromatic carbocycles. The van der Waals surface area contributed by atoms with E-state index in [0.29, 0.717) is 11.2 Å². The number of aryl methyl sites for hydroxylation is 1. The highest BCUT2D eigenvalue weighted by Crippen LogP contribution is 2.19. The Hall–Kier alpha value is -2.21. The highest BCUT2D eigenvalue weighted by molar-refractivity contribution is 7.17. The lowest BCUT2D eigenvalue weighted by atomic mass is 10.3. The van der Waals surface area contributed by atoms with E-state index in [0.717, 1.165) is 22.6 Å². The molecule has 0 radical (unpaired) electrons. The molecule has 1 N–H and O–H groups in total. The number of nitrogens with one attached hydrogen (secondary N) is 1. The predicted octanol–water partition coefficient (Wildman–Crippen LogP) is 2.25. The number of thiophene rings is 1. The molecule has 102 valence electrons. The summed E-state index contributed by atoms with van der Waals surface area (Å²) >= 11 is 1.44. The van der Waals surface area contributed by atoms with E-state index in [1.165, 1.54) is 11.3 Å². The number of fused-ring (bicyclic) bond motifs is 1. The number of anilines is 1. The summed E-state index contributed by atoms with van der Waals surface area (Å²) < 4.78 is 2.30. The van der Waals surface area contributed by atoms with Crippen LogP contribution in [0.5, 0.6) is 0 Å². The van der Waals surface area contributed by atoms with Crippen LogP contribution in [0, 0.1) is 6.92 Å². The van der Waals surface area contributed by atoms with Gasteiger partial charge in [0.2, 0.25) is 0 Å². The molecular formula is C14H14N4OS. The molecule has 6 heteroatoms. The highest BCUT2D eigenvalue weighted by atomic mass is 32.1. The molecular weight excluding hydrogens is 272 g/mol. The molecule has 0 aliphatic carbocycles. The predicted molar refractivity (Wildman–Crippen MR) is 81.5 cm³/mol. The number of aromatic nitrogens is 3. The Morgan fingerprint density at radius 3 is 3.05 bits per heavy atom. The molecule has 0 fully saturated rings. The largest absolute Gasteiger partial charge is 0.373 e. The topological polar surface area (TPSA) is 59.8 Å². The molecule has 0 spiro atoms. The van der Waals surface area contributed by atoms with E-state index >= 15 is 0 Å². The van der Waals surface area contributed by atoms with Crippen molar-refractivity contribution in [3.8, 4) is 0 Å². The summed E-state index contributed by atoms with van der Waals surface area (Å²) in [4.78, 5) is 21.2. The number of rotatable bonds is 3. The number of nitrogens with zero attached hydrogens (tertiary/aromatic N) is 3. The minimum absolute atomic E-state index is 0.00948. The maximum absolute atomic E-state index is 12.4. The molecule has 20 heavy (non-hydrogen) atoms. The van der Waals surface area contributed by atoms with Gasteiger partial charge in [-0.3, -0.25) is 9.36 Å². The van der Waals surface area contributed by atoms with E-state index in [4.69, 9.17) is 0 Å². The van der Waals surface area contributed by atoms with Gasteiger partial charge >= 0.3 is 0 Å². The number of hydrogen-bond donors (Lipinski definition) is 1. The van der Waals surface area contributed by atoms with Crippen LogP contribution in [0.3, 0.4) is 0 Å². The summed E-state index contributed by atoms with van der Waals surface area (Å²) in [5.74, 6) is 0.788. The summed E-state index contributed by atoms with van der Waals surface area (Å²) in [6.45, 7) is 2.39. The van der Waals surface area contributed by atoms with Gasteiger partial charge in [0.25, 0.3) is 5.56 Å². The summed E-state index contributed by atoms with van der Waals surface area (Å²) in [6, 6.07) is 5.70. The van der Waals surface area contributed by atoms with Gasteiger partial charge in [-0.05, 0) is 30.0 Å². The zero-order valence-corrected chi connectivity index (χ0v) is 12.1. The fourth-order valence-electron chi connectivity index (χ4n) is 2.05. The second-order valence-corrected chi connectivity index (χ2v) is 5.42. The Kier molecular flexibility index (Phi) is 3.23. The summed E-state index contributed by atoms with van der Waals surface area (Å²) in [6.07, 6.45) is 1.60. The van der Waals surface area contributed by atoms with E-state index in [2.05, 4.69) is 15.3 Å². The first kappa shape index (κ1) is 12.8. The van der Waals surface area contributed by atoms with Gasteiger partial charge in [-0.15, -0.1) is 11.3 Å². The Labute approximate surface area is 119 Å². The summed E-state index contributed by atoms with van der Waals surface area (Å²) in [7, 11) is 1.82. The highest BCUT2D eigenvalue weighted by Gasteiger charge is 2.09. The lowest BCUT2D eigenvalue weighted by Gasteiger charge is -2.06. The van der Waals surface area contributed by atoms with Crippen LogP contribution in [0.2, 0.25) is 0 Å². The maximum atomic E-state index is 12.4. The fourth-order valence-corrected chi connectivity index (χ4v) is 3.00. The Balaban J connectivity index is 2.02. The van der Waals surface area contributed by atoms with Crippen LogP contribution in [0.25, 0.3) is 10.2 Å². The fraction of sp³-hybridized carbons (Fsp3) is 0.214. The monoisotopic (exact) mass is 286 g/mol. The van der Waals surface area contributed by atoms with E-state index in [1.54, 1.807) is 10.9 Å². The Bertz CT molecular complexity index is 821. The molecule has 3 aromatic rings. The summed E-state index contributed by atoms with van der Waals surface area (Å²) in [5.41, 5.74) is 2.66. The van der Waals surface area contributed by atoms with Gasteiger partial charge in [-0.1, -0.05) is 6.07 Å². The van der Waals surface area contributed by atoms with Crippen LogP contribution in [0.15, 0.2) is 34.7 Å². The molecule has 0 unspecified atom stereocenters.